The van der Waals surface area contributed by atoms with E-state index in [-0.39, 0.29) is 23.7 Å². The van der Waals surface area contributed by atoms with Crippen LogP contribution in [0.25, 0.3) is 0 Å². The molecule has 0 radical (unpaired) electrons. The third-order valence-electron chi connectivity index (χ3n) is 3.89. The first-order valence-corrected chi connectivity index (χ1v) is 7.95. The van der Waals surface area contributed by atoms with Gasteiger partial charge in [0.2, 0.25) is 0 Å². The molecule has 1 aliphatic rings. The molecule has 0 atom stereocenters. The van der Waals surface area contributed by atoms with Crippen LogP contribution in [0.2, 0.25) is 0 Å². The van der Waals surface area contributed by atoms with Gasteiger partial charge in [0.25, 0.3) is 0 Å². The maximum Gasteiger partial charge on any atom is 0.325 e. The Bertz CT molecular complexity index is 556. The number of carbonyl (C=O) groups is 1. The van der Waals surface area contributed by atoms with Gasteiger partial charge in [-0.3, -0.25) is 4.79 Å². The van der Waals surface area contributed by atoms with Gasteiger partial charge in [0.1, 0.15) is 0 Å². The quantitative estimate of drug-likeness (QED) is 0.900. The predicted octanol–water partition coefficient (Wildman–Crippen LogP) is 2.49. The Morgan fingerprint density at radius 3 is 2.37 bits per heavy atom. The van der Waals surface area contributed by atoms with Crippen molar-refractivity contribution in [1.82, 2.24) is 0 Å². The molecule has 1 aromatic rings. The Labute approximate surface area is 113 Å². The molecule has 0 saturated heterocycles. The van der Waals surface area contributed by atoms with Crippen LogP contribution in [0.1, 0.15) is 32.6 Å². The molecule has 5 heteroatoms. The molecule has 0 unspecified atom stereocenters. The monoisotopic (exact) mass is 282 g/mol. The highest BCUT2D eigenvalue weighted by Gasteiger charge is 2.59. The summed E-state index contributed by atoms with van der Waals surface area (Å²) >= 11 is 0. The van der Waals surface area contributed by atoms with Gasteiger partial charge in [0.05, 0.1) is 4.90 Å². The minimum absolute atomic E-state index is 0.104. The Balaban J connectivity index is 2.35. The summed E-state index contributed by atoms with van der Waals surface area (Å²) in [5.41, 5.74) is 0. The van der Waals surface area contributed by atoms with E-state index >= 15 is 0 Å². The molecule has 104 valence electrons. The molecule has 0 heterocycles. The first kappa shape index (κ1) is 14.1. The molecule has 1 fully saturated rings. The van der Waals surface area contributed by atoms with E-state index in [1.807, 2.05) is 6.92 Å². The lowest BCUT2D eigenvalue weighted by Crippen LogP contribution is -2.56. The Morgan fingerprint density at radius 1 is 1.32 bits per heavy atom. The van der Waals surface area contributed by atoms with Crippen molar-refractivity contribution in [1.29, 1.82) is 0 Å². The second kappa shape index (κ2) is 4.96. The molecule has 0 aliphatic heterocycles. The summed E-state index contributed by atoms with van der Waals surface area (Å²) in [5.74, 6) is -1.01. The van der Waals surface area contributed by atoms with Crippen LogP contribution in [0.3, 0.4) is 0 Å². The van der Waals surface area contributed by atoms with Crippen molar-refractivity contribution in [2.75, 3.05) is 0 Å². The van der Waals surface area contributed by atoms with Gasteiger partial charge in [0.15, 0.2) is 14.6 Å². The number of sulfone groups is 1. The highest BCUT2D eigenvalue weighted by Crippen LogP contribution is 2.48. The number of aliphatic carboxylic acids is 1. The van der Waals surface area contributed by atoms with Gasteiger partial charge in [-0.25, -0.2) is 8.42 Å². The first-order chi connectivity index (χ1) is 8.94. The molecule has 1 aromatic carbocycles. The Hall–Kier alpha value is -1.36. The van der Waals surface area contributed by atoms with Gasteiger partial charge in [0, 0.05) is 0 Å². The minimum Gasteiger partial charge on any atom is -0.480 e. The topological polar surface area (TPSA) is 71.4 Å². The summed E-state index contributed by atoms with van der Waals surface area (Å²) in [6, 6.07) is 7.88. The average molecular weight is 282 g/mol. The SMILES string of the molecule is CCCC1CC(C(=O)O)(S(=O)(=O)c2ccccc2)C1. The van der Waals surface area contributed by atoms with Crippen molar-refractivity contribution >= 4 is 15.8 Å². The summed E-state index contributed by atoms with van der Waals surface area (Å²) < 4.78 is 23.5. The van der Waals surface area contributed by atoms with E-state index in [1.165, 1.54) is 12.1 Å². The molecule has 4 nitrogen and oxygen atoms in total. The second-order valence-corrected chi connectivity index (χ2v) is 7.44. The lowest BCUT2D eigenvalue weighted by molar-refractivity contribution is -0.144. The van der Waals surface area contributed by atoms with Gasteiger partial charge >= 0.3 is 5.97 Å². The number of carboxylic acids is 1. The fraction of sp³-hybridized carbons (Fsp3) is 0.500. The lowest BCUT2D eigenvalue weighted by atomic mass is 9.72. The first-order valence-electron chi connectivity index (χ1n) is 6.47. The molecule has 0 spiro atoms. The van der Waals surface area contributed by atoms with Crippen LogP contribution < -0.4 is 0 Å². The summed E-state index contributed by atoms with van der Waals surface area (Å²) in [4.78, 5) is 11.6. The standard InChI is InChI=1S/C14H18O4S/c1-2-6-11-9-14(10-11,13(15)16)19(17,18)12-7-4-3-5-8-12/h3-5,7-8,11H,2,6,9-10H2,1H3,(H,15,16). The average Bonchev–Trinajstić information content (AvgIpc) is 2.33. The molecular formula is C14H18O4S. The molecule has 1 aliphatic carbocycles. The van der Waals surface area contributed by atoms with Crippen LogP contribution in [-0.2, 0) is 14.6 Å². The molecule has 0 bridgehead atoms. The fourth-order valence-electron chi connectivity index (χ4n) is 2.82. The fourth-order valence-corrected chi connectivity index (χ4v) is 4.93. The van der Waals surface area contributed by atoms with Gasteiger partial charge < -0.3 is 5.11 Å². The molecule has 19 heavy (non-hydrogen) atoms. The van der Waals surface area contributed by atoms with Crippen LogP contribution in [0, 0.1) is 5.92 Å². The van der Waals surface area contributed by atoms with E-state index in [1.54, 1.807) is 18.2 Å². The van der Waals surface area contributed by atoms with Gasteiger partial charge in [-0.2, -0.15) is 0 Å². The number of hydrogen-bond acceptors (Lipinski definition) is 3. The predicted molar refractivity (Wildman–Crippen MR) is 71.6 cm³/mol. The third kappa shape index (κ3) is 2.16. The van der Waals surface area contributed by atoms with Crippen LogP contribution in [-0.4, -0.2) is 24.2 Å². The molecular weight excluding hydrogens is 264 g/mol. The maximum absolute atomic E-state index is 12.5. The Kier molecular flexibility index (Phi) is 3.67. The number of carboxylic acid groups (broad SMARTS) is 1. The van der Waals surface area contributed by atoms with E-state index in [2.05, 4.69) is 0 Å². The summed E-state index contributed by atoms with van der Waals surface area (Å²) in [6.45, 7) is 2.02. The third-order valence-corrected chi connectivity index (χ3v) is 6.32. The molecule has 1 saturated carbocycles. The normalized spacial score (nSPS) is 26.7. The zero-order valence-electron chi connectivity index (χ0n) is 10.9. The maximum atomic E-state index is 12.5. The number of rotatable bonds is 5. The zero-order valence-corrected chi connectivity index (χ0v) is 11.7. The largest absolute Gasteiger partial charge is 0.480 e. The van der Waals surface area contributed by atoms with Crippen molar-refractivity contribution in [2.45, 2.75) is 42.2 Å². The Morgan fingerprint density at radius 2 is 1.89 bits per heavy atom. The summed E-state index contributed by atoms with van der Waals surface area (Å²) in [6.07, 6.45) is 2.30. The molecule has 0 aromatic heterocycles. The highest BCUT2D eigenvalue weighted by molar-refractivity contribution is 7.93. The van der Waals surface area contributed by atoms with E-state index < -0.39 is 20.6 Å². The van der Waals surface area contributed by atoms with Crippen molar-refractivity contribution < 1.29 is 18.3 Å². The van der Waals surface area contributed by atoms with Crippen molar-refractivity contribution in [3.8, 4) is 0 Å². The number of benzene rings is 1. The van der Waals surface area contributed by atoms with E-state index in [9.17, 15) is 18.3 Å². The molecule has 0 amide bonds. The van der Waals surface area contributed by atoms with Gasteiger partial charge in [-0.05, 0) is 30.9 Å². The molecule has 2 rings (SSSR count). The van der Waals surface area contributed by atoms with Crippen molar-refractivity contribution in [3.63, 3.8) is 0 Å². The minimum atomic E-state index is -3.81. The van der Waals surface area contributed by atoms with Crippen LogP contribution >= 0.6 is 0 Å². The highest BCUT2D eigenvalue weighted by atomic mass is 32.2. The van der Waals surface area contributed by atoms with Crippen LogP contribution in [0.5, 0.6) is 0 Å². The van der Waals surface area contributed by atoms with Crippen molar-refractivity contribution in [2.24, 2.45) is 5.92 Å². The zero-order chi connectivity index (χ0) is 14.1. The van der Waals surface area contributed by atoms with Gasteiger partial charge in [-0.1, -0.05) is 38.0 Å². The van der Waals surface area contributed by atoms with Gasteiger partial charge in [-0.15, -0.1) is 0 Å². The summed E-state index contributed by atoms with van der Waals surface area (Å²) in [7, 11) is -3.81. The van der Waals surface area contributed by atoms with Crippen LogP contribution in [0.4, 0.5) is 0 Å². The van der Waals surface area contributed by atoms with E-state index in [0.29, 0.717) is 0 Å². The molecule has 1 N–H and O–H groups in total. The van der Waals surface area contributed by atoms with Crippen molar-refractivity contribution in [3.05, 3.63) is 30.3 Å². The smallest absolute Gasteiger partial charge is 0.325 e. The second-order valence-electron chi connectivity index (χ2n) is 5.18. The van der Waals surface area contributed by atoms with E-state index in [4.69, 9.17) is 0 Å². The number of hydrogen-bond donors (Lipinski definition) is 1. The van der Waals surface area contributed by atoms with Crippen LogP contribution in [0.15, 0.2) is 35.2 Å². The summed E-state index contributed by atoms with van der Waals surface area (Å²) in [5, 5.41) is 9.39. The van der Waals surface area contributed by atoms with E-state index in [0.717, 1.165) is 12.8 Å². The lowest BCUT2D eigenvalue weighted by Gasteiger charge is -2.43.